The molecule has 1 saturated heterocycles. The molecule has 4 rings (SSSR count). The van der Waals surface area contributed by atoms with Crippen molar-refractivity contribution in [2.75, 3.05) is 25.1 Å². The number of carbonyl (C=O) groups is 1. The Morgan fingerprint density at radius 1 is 1.28 bits per heavy atom. The van der Waals surface area contributed by atoms with Crippen molar-refractivity contribution in [3.8, 4) is 17.1 Å². The van der Waals surface area contributed by atoms with Crippen molar-refractivity contribution in [3.63, 3.8) is 0 Å². The highest BCUT2D eigenvalue weighted by Gasteiger charge is 2.32. The first-order chi connectivity index (χ1) is 12.2. The van der Waals surface area contributed by atoms with Gasteiger partial charge < -0.3 is 19.5 Å². The normalized spacial score (nSPS) is 20.4. The predicted molar refractivity (Wildman–Crippen MR) is 92.4 cm³/mol. The number of hydrogen-bond donors (Lipinski definition) is 1. The summed E-state index contributed by atoms with van der Waals surface area (Å²) in [7, 11) is 1.63. The Morgan fingerprint density at radius 3 is 2.80 bits per heavy atom. The van der Waals surface area contributed by atoms with E-state index in [1.165, 1.54) is 0 Å². The van der Waals surface area contributed by atoms with Gasteiger partial charge in [-0.1, -0.05) is 5.16 Å². The molecule has 0 radical (unpaired) electrons. The average Bonchev–Trinajstić information content (AvgIpc) is 3.34. The van der Waals surface area contributed by atoms with Crippen molar-refractivity contribution in [1.29, 1.82) is 0 Å². The summed E-state index contributed by atoms with van der Waals surface area (Å²) in [6.07, 6.45) is 4.08. The molecule has 2 aliphatic rings. The molecule has 0 spiro atoms. The van der Waals surface area contributed by atoms with Crippen molar-refractivity contribution < 1.29 is 14.1 Å². The minimum absolute atomic E-state index is 0.00862. The van der Waals surface area contributed by atoms with Gasteiger partial charge in [-0.05, 0) is 49.9 Å². The third-order valence-corrected chi connectivity index (χ3v) is 4.75. The van der Waals surface area contributed by atoms with Crippen LogP contribution in [0.2, 0.25) is 0 Å². The first-order valence-corrected chi connectivity index (χ1v) is 8.76. The molecule has 1 saturated carbocycles. The fourth-order valence-corrected chi connectivity index (χ4v) is 3.11. The molecular weight excluding hydrogens is 320 g/mol. The molecule has 0 bridgehead atoms. The highest BCUT2D eigenvalue weighted by atomic mass is 16.5. The molecule has 1 amide bonds. The van der Waals surface area contributed by atoms with E-state index in [0.717, 1.165) is 43.5 Å². The van der Waals surface area contributed by atoms with Crippen LogP contribution in [0.4, 0.5) is 6.01 Å². The van der Waals surface area contributed by atoms with E-state index in [2.05, 4.69) is 15.5 Å². The number of aromatic nitrogens is 2. The minimum Gasteiger partial charge on any atom is -0.497 e. The molecule has 7 nitrogen and oxygen atoms in total. The standard InChI is InChI=1S/C18H22N4O3/c1-24-15-8-4-12(5-9-15)16-20-18(25-21-16)22-10-2-3-13(11-22)17(23)19-14-6-7-14/h4-5,8-9,13-14H,2-3,6-7,10-11H2,1H3,(H,19,23). The number of piperidine rings is 1. The Labute approximate surface area is 146 Å². The lowest BCUT2D eigenvalue weighted by atomic mass is 9.97. The summed E-state index contributed by atoms with van der Waals surface area (Å²) in [6, 6.07) is 8.41. The summed E-state index contributed by atoms with van der Waals surface area (Å²) in [5.74, 6) is 1.48. The molecular formula is C18H22N4O3. The number of benzene rings is 1. The molecule has 2 aromatic rings. The molecule has 7 heteroatoms. The lowest BCUT2D eigenvalue weighted by molar-refractivity contribution is -0.125. The molecule has 1 aliphatic carbocycles. The second-order valence-corrected chi connectivity index (χ2v) is 6.70. The van der Waals surface area contributed by atoms with Gasteiger partial charge in [0.05, 0.1) is 13.0 Å². The van der Waals surface area contributed by atoms with Crippen molar-refractivity contribution >= 4 is 11.9 Å². The Hall–Kier alpha value is -2.57. The number of anilines is 1. The van der Waals surface area contributed by atoms with E-state index in [-0.39, 0.29) is 11.8 Å². The topological polar surface area (TPSA) is 80.5 Å². The molecule has 1 aromatic heterocycles. The van der Waals surface area contributed by atoms with Crippen molar-refractivity contribution in [2.45, 2.75) is 31.7 Å². The van der Waals surface area contributed by atoms with Gasteiger partial charge in [-0.25, -0.2) is 0 Å². The number of ether oxygens (including phenoxy) is 1. The Balaban J connectivity index is 1.44. The highest BCUT2D eigenvalue weighted by Crippen LogP contribution is 2.27. The number of rotatable bonds is 5. The first kappa shape index (κ1) is 15.9. The second kappa shape index (κ2) is 6.74. The maximum absolute atomic E-state index is 12.3. The first-order valence-electron chi connectivity index (χ1n) is 8.76. The van der Waals surface area contributed by atoms with E-state index in [0.29, 0.717) is 24.4 Å². The molecule has 1 aliphatic heterocycles. The van der Waals surface area contributed by atoms with E-state index in [1.807, 2.05) is 29.2 Å². The quantitative estimate of drug-likeness (QED) is 0.897. The summed E-state index contributed by atoms with van der Waals surface area (Å²) >= 11 is 0. The van der Waals surface area contributed by atoms with Crippen LogP contribution in [-0.4, -0.2) is 42.3 Å². The number of methoxy groups -OCH3 is 1. The van der Waals surface area contributed by atoms with Crippen molar-refractivity contribution in [2.24, 2.45) is 5.92 Å². The number of carbonyl (C=O) groups excluding carboxylic acids is 1. The molecule has 1 N–H and O–H groups in total. The van der Waals surface area contributed by atoms with E-state index in [4.69, 9.17) is 9.26 Å². The molecule has 1 atom stereocenters. The average molecular weight is 342 g/mol. The molecule has 25 heavy (non-hydrogen) atoms. The van der Waals surface area contributed by atoms with Crippen LogP contribution < -0.4 is 15.0 Å². The van der Waals surface area contributed by atoms with E-state index >= 15 is 0 Å². The summed E-state index contributed by atoms with van der Waals surface area (Å²) in [5.41, 5.74) is 0.871. The third kappa shape index (κ3) is 3.60. The Kier molecular flexibility index (Phi) is 4.29. The minimum atomic E-state index is -0.00862. The fraction of sp³-hybridized carbons (Fsp3) is 0.500. The van der Waals surface area contributed by atoms with Gasteiger partial charge in [0.1, 0.15) is 5.75 Å². The third-order valence-electron chi connectivity index (χ3n) is 4.75. The smallest absolute Gasteiger partial charge is 0.324 e. The van der Waals surface area contributed by atoms with Gasteiger partial charge in [0.2, 0.25) is 11.7 Å². The van der Waals surface area contributed by atoms with Crippen LogP contribution in [0, 0.1) is 5.92 Å². The zero-order chi connectivity index (χ0) is 17.2. The number of hydrogen-bond acceptors (Lipinski definition) is 6. The fourth-order valence-electron chi connectivity index (χ4n) is 3.11. The van der Waals surface area contributed by atoms with Crippen LogP contribution in [0.3, 0.4) is 0 Å². The molecule has 132 valence electrons. The van der Waals surface area contributed by atoms with Gasteiger partial charge in [-0.15, -0.1) is 0 Å². The van der Waals surface area contributed by atoms with Crippen LogP contribution in [0.1, 0.15) is 25.7 Å². The molecule has 1 unspecified atom stereocenters. The van der Waals surface area contributed by atoms with E-state index in [9.17, 15) is 4.79 Å². The van der Waals surface area contributed by atoms with Crippen LogP contribution in [0.25, 0.3) is 11.4 Å². The summed E-state index contributed by atoms with van der Waals surface area (Å²) in [5, 5.41) is 7.17. The Bertz CT molecular complexity index is 739. The van der Waals surface area contributed by atoms with Gasteiger partial charge >= 0.3 is 6.01 Å². The molecule has 2 fully saturated rings. The summed E-state index contributed by atoms with van der Waals surface area (Å²) in [4.78, 5) is 18.8. The lowest BCUT2D eigenvalue weighted by Gasteiger charge is -2.30. The molecule has 1 aromatic carbocycles. The summed E-state index contributed by atoms with van der Waals surface area (Å²) in [6.45, 7) is 1.46. The lowest BCUT2D eigenvalue weighted by Crippen LogP contribution is -2.43. The van der Waals surface area contributed by atoms with Crippen LogP contribution in [-0.2, 0) is 4.79 Å². The number of nitrogens with zero attached hydrogens (tertiary/aromatic N) is 3. The zero-order valence-corrected chi connectivity index (χ0v) is 14.3. The number of nitrogens with one attached hydrogen (secondary N) is 1. The maximum atomic E-state index is 12.3. The van der Waals surface area contributed by atoms with Crippen molar-refractivity contribution in [3.05, 3.63) is 24.3 Å². The SMILES string of the molecule is COc1ccc(-c2noc(N3CCCC(C(=O)NC4CC4)C3)n2)cc1. The van der Waals surface area contributed by atoms with Crippen LogP contribution >= 0.6 is 0 Å². The number of amides is 1. The monoisotopic (exact) mass is 342 g/mol. The van der Waals surface area contributed by atoms with Gasteiger partial charge in [-0.2, -0.15) is 4.98 Å². The summed E-state index contributed by atoms with van der Waals surface area (Å²) < 4.78 is 10.6. The van der Waals surface area contributed by atoms with Crippen LogP contribution in [0.5, 0.6) is 5.75 Å². The van der Waals surface area contributed by atoms with Gasteiger partial charge in [-0.3, -0.25) is 4.79 Å². The zero-order valence-electron chi connectivity index (χ0n) is 14.3. The highest BCUT2D eigenvalue weighted by molar-refractivity contribution is 5.80. The maximum Gasteiger partial charge on any atom is 0.324 e. The van der Waals surface area contributed by atoms with Crippen molar-refractivity contribution in [1.82, 2.24) is 15.5 Å². The van der Waals surface area contributed by atoms with Gasteiger partial charge in [0, 0.05) is 24.7 Å². The predicted octanol–water partition coefficient (Wildman–Crippen LogP) is 2.24. The van der Waals surface area contributed by atoms with E-state index < -0.39 is 0 Å². The second-order valence-electron chi connectivity index (χ2n) is 6.70. The largest absolute Gasteiger partial charge is 0.497 e. The van der Waals surface area contributed by atoms with Crippen LogP contribution in [0.15, 0.2) is 28.8 Å². The van der Waals surface area contributed by atoms with E-state index in [1.54, 1.807) is 7.11 Å². The van der Waals surface area contributed by atoms with Gasteiger partial charge in [0.15, 0.2) is 0 Å². The Morgan fingerprint density at radius 2 is 2.08 bits per heavy atom. The van der Waals surface area contributed by atoms with Gasteiger partial charge in [0.25, 0.3) is 0 Å². The molecule has 2 heterocycles.